The van der Waals surface area contributed by atoms with Crippen LogP contribution in [0.4, 0.5) is 11.5 Å². The number of hydrogen-bond donors (Lipinski definition) is 1. The van der Waals surface area contributed by atoms with Crippen molar-refractivity contribution < 1.29 is 4.79 Å². The molecule has 1 aromatic heterocycles. The highest BCUT2D eigenvalue weighted by molar-refractivity contribution is 5.94. The molecule has 1 amide bonds. The fourth-order valence-electron chi connectivity index (χ4n) is 2.99. The summed E-state index contributed by atoms with van der Waals surface area (Å²) in [5.41, 5.74) is 1.40. The van der Waals surface area contributed by atoms with E-state index < -0.39 is 0 Å². The Morgan fingerprint density at radius 1 is 1.16 bits per heavy atom. The van der Waals surface area contributed by atoms with Crippen molar-refractivity contribution in [1.29, 1.82) is 5.26 Å². The number of nitrogens with zero attached hydrogens (tertiary/aromatic N) is 4. The minimum atomic E-state index is -0.207. The Kier molecular flexibility index (Phi) is 5.26. The predicted molar refractivity (Wildman–Crippen MR) is 97.3 cm³/mol. The lowest BCUT2D eigenvalue weighted by Crippen LogP contribution is -2.53. The highest BCUT2D eigenvalue weighted by Gasteiger charge is 2.26. The second kappa shape index (κ2) is 7.77. The SMILES string of the molecule is CC(C(=O)Nc1ccccc1)N1CCN(c2ncccc2C#N)CC1. The van der Waals surface area contributed by atoms with E-state index in [1.54, 1.807) is 18.3 Å². The topological polar surface area (TPSA) is 72.3 Å². The first-order chi connectivity index (χ1) is 12.2. The summed E-state index contributed by atoms with van der Waals surface area (Å²) in [6.07, 6.45) is 1.71. The number of carbonyl (C=O) groups excluding carboxylic acids is 1. The molecule has 1 fully saturated rings. The van der Waals surface area contributed by atoms with Crippen LogP contribution in [0.25, 0.3) is 0 Å². The number of anilines is 2. The molecule has 25 heavy (non-hydrogen) atoms. The Morgan fingerprint density at radius 2 is 1.88 bits per heavy atom. The van der Waals surface area contributed by atoms with Crippen molar-refractivity contribution in [3.63, 3.8) is 0 Å². The number of piperazine rings is 1. The second-order valence-electron chi connectivity index (χ2n) is 6.04. The summed E-state index contributed by atoms with van der Waals surface area (Å²) in [5.74, 6) is 0.723. The van der Waals surface area contributed by atoms with Gasteiger partial charge in [0.2, 0.25) is 5.91 Å². The summed E-state index contributed by atoms with van der Waals surface area (Å²) in [4.78, 5) is 21.0. The minimum Gasteiger partial charge on any atom is -0.353 e. The molecular formula is C19H21N5O. The van der Waals surface area contributed by atoms with Crippen LogP contribution in [0.15, 0.2) is 48.7 Å². The third-order valence-corrected chi connectivity index (χ3v) is 4.49. The van der Waals surface area contributed by atoms with Crippen molar-refractivity contribution >= 4 is 17.4 Å². The lowest BCUT2D eigenvalue weighted by atomic mass is 10.2. The summed E-state index contributed by atoms with van der Waals surface area (Å²) < 4.78 is 0. The molecule has 1 unspecified atom stereocenters. The van der Waals surface area contributed by atoms with Crippen molar-refractivity contribution in [1.82, 2.24) is 9.88 Å². The average molecular weight is 335 g/mol. The van der Waals surface area contributed by atoms with E-state index in [1.165, 1.54) is 0 Å². The van der Waals surface area contributed by atoms with Gasteiger partial charge in [-0.1, -0.05) is 18.2 Å². The van der Waals surface area contributed by atoms with Gasteiger partial charge >= 0.3 is 0 Å². The van der Waals surface area contributed by atoms with Gasteiger partial charge in [-0.05, 0) is 31.2 Å². The van der Waals surface area contributed by atoms with Crippen LogP contribution in [0.1, 0.15) is 12.5 Å². The Morgan fingerprint density at radius 3 is 2.56 bits per heavy atom. The standard InChI is InChI=1S/C19H21N5O/c1-15(19(25)22-17-7-3-2-4-8-17)23-10-12-24(13-11-23)18-16(14-20)6-5-9-21-18/h2-9,15H,10-13H2,1H3,(H,22,25). The number of hydrogen-bond acceptors (Lipinski definition) is 5. The van der Waals surface area contributed by atoms with Gasteiger partial charge in [0.15, 0.2) is 0 Å². The molecule has 3 rings (SSSR count). The summed E-state index contributed by atoms with van der Waals surface area (Å²) >= 11 is 0. The van der Waals surface area contributed by atoms with Crippen LogP contribution in [0.5, 0.6) is 0 Å². The largest absolute Gasteiger partial charge is 0.353 e. The molecule has 0 spiro atoms. The zero-order valence-electron chi connectivity index (χ0n) is 14.2. The summed E-state index contributed by atoms with van der Waals surface area (Å²) in [7, 11) is 0. The number of pyridine rings is 1. The number of para-hydroxylation sites is 1. The molecule has 128 valence electrons. The number of rotatable bonds is 4. The molecule has 0 aliphatic carbocycles. The van der Waals surface area contributed by atoms with Gasteiger partial charge in [-0.3, -0.25) is 9.69 Å². The fourth-order valence-corrected chi connectivity index (χ4v) is 2.99. The van der Waals surface area contributed by atoms with Crippen LogP contribution < -0.4 is 10.2 Å². The summed E-state index contributed by atoms with van der Waals surface area (Å²) in [6.45, 7) is 4.92. The van der Waals surface area contributed by atoms with E-state index in [9.17, 15) is 10.1 Å². The summed E-state index contributed by atoms with van der Waals surface area (Å²) in [6, 6.07) is 15.0. The second-order valence-corrected chi connectivity index (χ2v) is 6.04. The van der Waals surface area contributed by atoms with Crippen LogP contribution in [-0.4, -0.2) is 48.0 Å². The Labute approximate surface area is 147 Å². The molecule has 1 N–H and O–H groups in total. The van der Waals surface area contributed by atoms with Gasteiger partial charge in [-0.25, -0.2) is 4.98 Å². The first kappa shape index (κ1) is 16.9. The smallest absolute Gasteiger partial charge is 0.241 e. The molecular weight excluding hydrogens is 314 g/mol. The van der Waals surface area contributed by atoms with Gasteiger partial charge in [0, 0.05) is 38.1 Å². The van der Waals surface area contributed by atoms with E-state index >= 15 is 0 Å². The van der Waals surface area contributed by atoms with E-state index in [1.807, 2.05) is 37.3 Å². The number of nitriles is 1. The molecule has 1 aliphatic rings. The maximum Gasteiger partial charge on any atom is 0.241 e. The van der Waals surface area contributed by atoms with E-state index in [0.717, 1.165) is 37.7 Å². The van der Waals surface area contributed by atoms with Crippen LogP contribution >= 0.6 is 0 Å². The first-order valence-corrected chi connectivity index (χ1v) is 8.39. The van der Waals surface area contributed by atoms with Gasteiger partial charge < -0.3 is 10.2 Å². The van der Waals surface area contributed by atoms with Gasteiger partial charge in [0.05, 0.1) is 11.6 Å². The third kappa shape index (κ3) is 3.95. The Hall–Kier alpha value is -2.91. The highest BCUT2D eigenvalue weighted by atomic mass is 16.2. The van der Waals surface area contributed by atoms with Crippen molar-refractivity contribution in [2.45, 2.75) is 13.0 Å². The van der Waals surface area contributed by atoms with E-state index in [2.05, 4.69) is 26.2 Å². The molecule has 0 saturated carbocycles. The van der Waals surface area contributed by atoms with Crippen molar-refractivity contribution in [3.05, 3.63) is 54.2 Å². The molecule has 2 heterocycles. The Bertz CT molecular complexity index is 763. The Balaban J connectivity index is 1.58. The van der Waals surface area contributed by atoms with Crippen LogP contribution in [0.3, 0.4) is 0 Å². The molecule has 1 aliphatic heterocycles. The van der Waals surface area contributed by atoms with Crippen molar-refractivity contribution in [2.24, 2.45) is 0 Å². The zero-order chi connectivity index (χ0) is 17.6. The molecule has 0 radical (unpaired) electrons. The minimum absolute atomic E-state index is 0.00444. The highest BCUT2D eigenvalue weighted by Crippen LogP contribution is 2.19. The zero-order valence-corrected chi connectivity index (χ0v) is 14.2. The maximum absolute atomic E-state index is 12.4. The van der Waals surface area contributed by atoms with Gasteiger partial charge in [-0.2, -0.15) is 5.26 Å². The van der Waals surface area contributed by atoms with Crippen molar-refractivity contribution in [2.75, 3.05) is 36.4 Å². The number of amides is 1. The fraction of sp³-hybridized carbons (Fsp3) is 0.316. The number of carbonyl (C=O) groups is 1. The van der Waals surface area contributed by atoms with E-state index in [0.29, 0.717) is 5.56 Å². The molecule has 6 nitrogen and oxygen atoms in total. The van der Waals surface area contributed by atoms with Crippen LogP contribution in [0.2, 0.25) is 0 Å². The third-order valence-electron chi connectivity index (χ3n) is 4.49. The molecule has 1 atom stereocenters. The first-order valence-electron chi connectivity index (χ1n) is 8.39. The van der Waals surface area contributed by atoms with Crippen molar-refractivity contribution in [3.8, 4) is 6.07 Å². The lowest BCUT2D eigenvalue weighted by molar-refractivity contribution is -0.120. The molecule has 1 aromatic carbocycles. The predicted octanol–water partition coefficient (Wildman–Crippen LogP) is 2.10. The number of benzene rings is 1. The molecule has 2 aromatic rings. The van der Waals surface area contributed by atoms with Gasteiger partial charge in [0.1, 0.15) is 11.9 Å². The van der Waals surface area contributed by atoms with Crippen LogP contribution in [-0.2, 0) is 4.79 Å². The molecule has 1 saturated heterocycles. The monoisotopic (exact) mass is 335 g/mol. The average Bonchev–Trinajstić information content (AvgIpc) is 2.68. The molecule has 6 heteroatoms. The van der Waals surface area contributed by atoms with E-state index in [-0.39, 0.29) is 11.9 Å². The lowest BCUT2D eigenvalue weighted by Gasteiger charge is -2.38. The summed E-state index contributed by atoms with van der Waals surface area (Å²) in [5, 5.41) is 12.2. The maximum atomic E-state index is 12.4. The molecule has 0 bridgehead atoms. The number of aromatic nitrogens is 1. The van der Waals surface area contributed by atoms with Gasteiger partial charge in [-0.15, -0.1) is 0 Å². The quantitative estimate of drug-likeness (QED) is 0.926. The normalized spacial score (nSPS) is 16.1. The van der Waals surface area contributed by atoms with Gasteiger partial charge in [0.25, 0.3) is 0 Å². The van der Waals surface area contributed by atoms with E-state index in [4.69, 9.17) is 0 Å². The van der Waals surface area contributed by atoms with Crippen LogP contribution in [0, 0.1) is 11.3 Å². The number of nitrogens with one attached hydrogen (secondary N) is 1.